The van der Waals surface area contributed by atoms with E-state index in [2.05, 4.69) is 17.9 Å². The summed E-state index contributed by atoms with van der Waals surface area (Å²) in [5.41, 5.74) is 8.46. The third-order valence-electron chi connectivity index (χ3n) is 3.78. The summed E-state index contributed by atoms with van der Waals surface area (Å²) in [6.07, 6.45) is 4.62. The lowest BCUT2D eigenvalue weighted by molar-refractivity contribution is 0.641. The number of benzene rings is 1. The Morgan fingerprint density at radius 1 is 1.50 bits per heavy atom. The molecule has 3 heteroatoms. The third-order valence-corrected chi connectivity index (χ3v) is 4.13. The van der Waals surface area contributed by atoms with Crippen LogP contribution in [0.2, 0.25) is 5.02 Å². The molecule has 0 radical (unpaired) electrons. The van der Waals surface area contributed by atoms with Gasteiger partial charge >= 0.3 is 0 Å². The van der Waals surface area contributed by atoms with Gasteiger partial charge in [0.15, 0.2) is 0 Å². The van der Waals surface area contributed by atoms with Gasteiger partial charge in [0.25, 0.3) is 0 Å². The lowest BCUT2D eigenvalue weighted by Gasteiger charge is -2.29. The normalized spacial score (nSPS) is 21.3. The molecule has 1 aromatic rings. The fraction of sp³-hybridized carbons (Fsp3) is 0.600. The first-order valence-corrected chi connectivity index (χ1v) is 7.31. The van der Waals surface area contributed by atoms with Gasteiger partial charge in [-0.15, -0.1) is 0 Å². The van der Waals surface area contributed by atoms with Gasteiger partial charge in [0.2, 0.25) is 0 Å². The van der Waals surface area contributed by atoms with E-state index < -0.39 is 0 Å². The van der Waals surface area contributed by atoms with Crippen molar-refractivity contribution in [3.05, 3.63) is 28.8 Å². The van der Waals surface area contributed by atoms with Gasteiger partial charge in [0, 0.05) is 29.3 Å². The summed E-state index contributed by atoms with van der Waals surface area (Å²) in [6, 6.07) is 7.02. The minimum absolute atomic E-state index is 0.145. The van der Waals surface area contributed by atoms with Crippen molar-refractivity contribution in [2.24, 2.45) is 5.73 Å². The summed E-state index contributed by atoms with van der Waals surface area (Å²) < 4.78 is 0. The van der Waals surface area contributed by atoms with Gasteiger partial charge in [0.05, 0.1) is 0 Å². The second kappa shape index (κ2) is 5.94. The van der Waals surface area contributed by atoms with E-state index in [1.54, 1.807) is 0 Å². The number of nitrogens with two attached hydrogens (primary N) is 1. The number of rotatable bonds is 4. The van der Waals surface area contributed by atoms with E-state index in [1.807, 2.05) is 19.1 Å². The smallest absolute Gasteiger partial charge is 0.0459 e. The van der Waals surface area contributed by atoms with Crippen LogP contribution in [0.3, 0.4) is 0 Å². The molecular formula is C15H23ClN2. The Kier molecular flexibility index (Phi) is 4.52. The molecule has 0 bridgehead atoms. The van der Waals surface area contributed by atoms with Crippen LogP contribution in [0, 0.1) is 0 Å². The van der Waals surface area contributed by atoms with Crippen molar-refractivity contribution >= 4 is 17.3 Å². The summed E-state index contributed by atoms with van der Waals surface area (Å²) >= 11 is 6.36. The molecule has 2 atom stereocenters. The quantitative estimate of drug-likeness (QED) is 0.902. The Labute approximate surface area is 115 Å². The lowest BCUT2D eigenvalue weighted by atomic mass is 10.0. The van der Waals surface area contributed by atoms with Crippen LogP contribution >= 0.6 is 11.6 Å². The monoisotopic (exact) mass is 266 g/mol. The second-order valence-corrected chi connectivity index (χ2v) is 5.72. The Morgan fingerprint density at radius 2 is 2.28 bits per heavy atom. The highest BCUT2D eigenvalue weighted by Gasteiger charge is 2.25. The molecule has 2 nitrogen and oxygen atoms in total. The Hall–Kier alpha value is -0.730. The van der Waals surface area contributed by atoms with Gasteiger partial charge in [-0.2, -0.15) is 0 Å². The predicted molar refractivity (Wildman–Crippen MR) is 79.5 cm³/mol. The van der Waals surface area contributed by atoms with Gasteiger partial charge in [-0.3, -0.25) is 0 Å². The van der Waals surface area contributed by atoms with E-state index in [0.717, 1.165) is 18.0 Å². The zero-order valence-corrected chi connectivity index (χ0v) is 12.1. The third kappa shape index (κ3) is 2.81. The molecule has 1 heterocycles. The van der Waals surface area contributed by atoms with Crippen LogP contribution in [-0.2, 0) is 6.42 Å². The number of nitrogens with zero attached hydrogens (tertiary/aromatic N) is 1. The molecule has 1 fully saturated rings. The van der Waals surface area contributed by atoms with E-state index in [0.29, 0.717) is 6.04 Å². The van der Waals surface area contributed by atoms with Gasteiger partial charge in [-0.1, -0.05) is 24.6 Å². The molecule has 1 saturated heterocycles. The van der Waals surface area contributed by atoms with Crippen LogP contribution in [0.5, 0.6) is 0 Å². The van der Waals surface area contributed by atoms with Crippen molar-refractivity contribution in [3.8, 4) is 0 Å². The maximum atomic E-state index is 6.36. The van der Waals surface area contributed by atoms with Gasteiger partial charge < -0.3 is 10.6 Å². The molecule has 2 rings (SSSR count). The molecule has 0 amide bonds. The maximum absolute atomic E-state index is 6.36. The molecule has 100 valence electrons. The van der Waals surface area contributed by atoms with Crippen molar-refractivity contribution < 1.29 is 0 Å². The van der Waals surface area contributed by atoms with Gasteiger partial charge in [-0.05, 0) is 50.3 Å². The number of hydrogen-bond acceptors (Lipinski definition) is 2. The lowest BCUT2D eigenvalue weighted by Crippen LogP contribution is -2.30. The first kappa shape index (κ1) is 13.7. The zero-order chi connectivity index (χ0) is 13.1. The molecule has 1 aromatic carbocycles. The summed E-state index contributed by atoms with van der Waals surface area (Å²) in [6.45, 7) is 5.44. The topological polar surface area (TPSA) is 29.3 Å². The summed E-state index contributed by atoms with van der Waals surface area (Å²) in [5.74, 6) is 0. The molecule has 0 saturated carbocycles. The number of anilines is 1. The fourth-order valence-electron chi connectivity index (χ4n) is 2.92. The first-order valence-electron chi connectivity index (χ1n) is 6.93. The van der Waals surface area contributed by atoms with Crippen molar-refractivity contribution in [2.45, 2.75) is 51.6 Å². The van der Waals surface area contributed by atoms with Crippen LogP contribution in [0.15, 0.2) is 18.2 Å². The number of halogens is 1. The van der Waals surface area contributed by atoms with Crippen molar-refractivity contribution in [1.29, 1.82) is 0 Å². The Morgan fingerprint density at radius 3 is 2.94 bits per heavy atom. The minimum atomic E-state index is 0.145. The van der Waals surface area contributed by atoms with Gasteiger partial charge in [-0.25, -0.2) is 0 Å². The van der Waals surface area contributed by atoms with E-state index in [4.69, 9.17) is 17.3 Å². The van der Waals surface area contributed by atoms with E-state index in [9.17, 15) is 0 Å². The molecule has 2 unspecified atom stereocenters. The SMILES string of the molecule is CCC1CCCN1c1cccc(Cl)c1CC(C)N. The standard InChI is InChI=1S/C15H23ClN2/c1-3-12-6-5-9-18(12)15-8-4-7-14(16)13(15)10-11(2)17/h4,7-8,11-12H,3,5-6,9-10,17H2,1-2H3. The average Bonchev–Trinajstić information content (AvgIpc) is 2.79. The van der Waals surface area contributed by atoms with Crippen LogP contribution < -0.4 is 10.6 Å². The minimum Gasteiger partial charge on any atom is -0.368 e. The highest BCUT2D eigenvalue weighted by molar-refractivity contribution is 6.31. The van der Waals surface area contributed by atoms with Crippen LogP contribution in [0.4, 0.5) is 5.69 Å². The van der Waals surface area contributed by atoms with E-state index in [1.165, 1.54) is 30.5 Å². The average molecular weight is 267 g/mol. The van der Waals surface area contributed by atoms with Crippen molar-refractivity contribution in [1.82, 2.24) is 0 Å². The molecule has 0 aliphatic carbocycles. The molecule has 1 aliphatic heterocycles. The largest absolute Gasteiger partial charge is 0.368 e. The van der Waals surface area contributed by atoms with Gasteiger partial charge in [0.1, 0.15) is 0 Å². The van der Waals surface area contributed by atoms with Crippen LogP contribution in [0.1, 0.15) is 38.7 Å². The van der Waals surface area contributed by atoms with Crippen molar-refractivity contribution in [3.63, 3.8) is 0 Å². The Bertz CT molecular complexity index is 403. The second-order valence-electron chi connectivity index (χ2n) is 5.32. The molecule has 1 aliphatic rings. The van der Waals surface area contributed by atoms with E-state index in [-0.39, 0.29) is 6.04 Å². The Balaban J connectivity index is 2.34. The van der Waals surface area contributed by atoms with E-state index >= 15 is 0 Å². The highest BCUT2D eigenvalue weighted by Crippen LogP contribution is 2.34. The van der Waals surface area contributed by atoms with Crippen LogP contribution in [-0.4, -0.2) is 18.6 Å². The maximum Gasteiger partial charge on any atom is 0.0459 e. The molecule has 0 aromatic heterocycles. The summed E-state index contributed by atoms with van der Waals surface area (Å²) in [5, 5.41) is 0.853. The molecule has 0 spiro atoms. The number of hydrogen-bond donors (Lipinski definition) is 1. The highest BCUT2D eigenvalue weighted by atomic mass is 35.5. The van der Waals surface area contributed by atoms with Crippen LogP contribution in [0.25, 0.3) is 0 Å². The molecular weight excluding hydrogens is 244 g/mol. The predicted octanol–water partition coefficient (Wildman–Crippen LogP) is 3.61. The van der Waals surface area contributed by atoms with Crippen molar-refractivity contribution in [2.75, 3.05) is 11.4 Å². The summed E-state index contributed by atoms with van der Waals surface area (Å²) in [7, 11) is 0. The summed E-state index contributed by atoms with van der Waals surface area (Å²) in [4.78, 5) is 2.52. The molecule has 2 N–H and O–H groups in total. The first-order chi connectivity index (χ1) is 8.63. The molecule has 18 heavy (non-hydrogen) atoms. The fourth-order valence-corrected chi connectivity index (χ4v) is 3.16. The zero-order valence-electron chi connectivity index (χ0n) is 11.3.